The maximum atomic E-state index is 11.1. The second-order valence-corrected chi connectivity index (χ2v) is 5.63. The van der Waals surface area contributed by atoms with Crippen LogP contribution < -0.4 is 9.47 Å². The molecule has 0 unspecified atom stereocenters. The van der Waals surface area contributed by atoms with Crippen LogP contribution in [0.4, 0.5) is 5.69 Å². The highest BCUT2D eigenvalue weighted by Gasteiger charge is 2.23. The number of hydrogen-bond acceptors (Lipinski definition) is 6. The van der Waals surface area contributed by atoms with Gasteiger partial charge in [-0.25, -0.2) is 0 Å². The fourth-order valence-corrected chi connectivity index (χ4v) is 2.75. The predicted octanol–water partition coefficient (Wildman–Crippen LogP) is 3.78. The van der Waals surface area contributed by atoms with E-state index in [9.17, 15) is 10.1 Å². The lowest BCUT2D eigenvalue weighted by atomic mass is 10.1. The summed E-state index contributed by atoms with van der Waals surface area (Å²) >= 11 is 0. The summed E-state index contributed by atoms with van der Waals surface area (Å²) in [5.41, 5.74) is 1.93. The molecule has 7 heteroatoms. The number of benzene rings is 1. The minimum absolute atomic E-state index is 0.129. The Kier molecular flexibility index (Phi) is 4.24. The quantitative estimate of drug-likeness (QED) is 0.612. The van der Waals surface area contributed by atoms with Crippen molar-refractivity contribution < 1.29 is 18.9 Å². The summed E-state index contributed by atoms with van der Waals surface area (Å²) in [6, 6.07) is 3.85. The second-order valence-electron chi connectivity index (χ2n) is 5.63. The van der Waals surface area contributed by atoms with Crippen LogP contribution in [0.25, 0.3) is 12.2 Å². The highest BCUT2D eigenvalue weighted by molar-refractivity contribution is 5.76. The van der Waals surface area contributed by atoms with Crippen LogP contribution in [0.5, 0.6) is 11.5 Å². The van der Waals surface area contributed by atoms with Crippen molar-refractivity contribution >= 4 is 17.8 Å². The van der Waals surface area contributed by atoms with Crippen molar-refractivity contribution in [3.05, 3.63) is 44.8 Å². The lowest BCUT2D eigenvalue weighted by Gasteiger charge is -2.09. The minimum Gasteiger partial charge on any atom is -0.493 e. The molecule has 0 amide bonds. The van der Waals surface area contributed by atoms with Crippen molar-refractivity contribution in [1.82, 2.24) is 5.16 Å². The number of hydrogen-bond donors (Lipinski definition) is 0. The standard InChI is InChI=1S/C17H18N2O5/c1-4-22-15-9-13-7-10(2)23-16(13)8-12(15)5-6-14-17(19(20)21)11(3)24-18-14/h5-6,8-10H,4,7H2,1-3H3/b6-5+/t10-/m1/s1. The van der Waals surface area contributed by atoms with E-state index in [-0.39, 0.29) is 23.2 Å². The molecular weight excluding hydrogens is 312 g/mol. The number of ether oxygens (including phenoxy) is 2. The minimum atomic E-state index is -0.498. The first kappa shape index (κ1) is 16.0. The van der Waals surface area contributed by atoms with E-state index in [1.165, 1.54) is 6.92 Å². The summed E-state index contributed by atoms with van der Waals surface area (Å²) < 4.78 is 16.4. The van der Waals surface area contributed by atoms with Crippen LogP contribution in [0.1, 0.15) is 36.4 Å². The van der Waals surface area contributed by atoms with Gasteiger partial charge in [0.2, 0.25) is 5.76 Å². The zero-order valence-corrected chi connectivity index (χ0v) is 13.7. The molecule has 1 atom stereocenters. The molecule has 0 bridgehead atoms. The number of aromatic nitrogens is 1. The van der Waals surface area contributed by atoms with Crippen LogP contribution in [0, 0.1) is 17.0 Å². The fourth-order valence-electron chi connectivity index (χ4n) is 2.75. The van der Waals surface area contributed by atoms with Gasteiger partial charge < -0.3 is 14.0 Å². The van der Waals surface area contributed by atoms with Crippen molar-refractivity contribution in [1.29, 1.82) is 0 Å². The molecule has 24 heavy (non-hydrogen) atoms. The van der Waals surface area contributed by atoms with Gasteiger partial charge in [-0.3, -0.25) is 10.1 Å². The molecule has 1 aromatic carbocycles. The molecule has 1 aromatic heterocycles. The molecule has 3 rings (SSSR count). The highest BCUT2D eigenvalue weighted by Crippen LogP contribution is 2.36. The summed E-state index contributed by atoms with van der Waals surface area (Å²) in [5.74, 6) is 1.71. The van der Waals surface area contributed by atoms with Crippen LogP contribution >= 0.6 is 0 Å². The van der Waals surface area contributed by atoms with Crippen molar-refractivity contribution in [2.75, 3.05) is 6.61 Å². The van der Waals surface area contributed by atoms with E-state index < -0.39 is 4.92 Å². The SMILES string of the molecule is CCOc1cc2c(cc1/C=C/c1noc(C)c1[N+](=O)[O-])O[C@H](C)C2. The van der Waals surface area contributed by atoms with Crippen LogP contribution in [-0.4, -0.2) is 22.8 Å². The van der Waals surface area contributed by atoms with E-state index in [0.717, 1.165) is 23.3 Å². The predicted molar refractivity (Wildman–Crippen MR) is 88.2 cm³/mol. The van der Waals surface area contributed by atoms with Crippen molar-refractivity contribution in [2.24, 2.45) is 0 Å². The molecule has 0 aliphatic carbocycles. The summed E-state index contributed by atoms with van der Waals surface area (Å²) in [5, 5.41) is 14.8. The van der Waals surface area contributed by atoms with Crippen molar-refractivity contribution in [2.45, 2.75) is 33.3 Å². The maximum Gasteiger partial charge on any atom is 0.338 e. The summed E-state index contributed by atoms with van der Waals surface area (Å²) in [6.07, 6.45) is 4.25. The Labute approximate surface area is 139 Å². The Balaban J connectivity index is 1.98. The van der Waals surface area contributed by atoms with E-state index in [2.05, 4.69) is 5.16 Å². The zero-order valence-electron chi connectivity index (χ0n) is 13.7. The van der Waals surface area contributed by atoms with Crippen LogP contribution in [0.3, 0.4) is 0 Å². The molecule has 126 valence electrons. The molecule has 0 fully saturated rings. The summed E-state index contributed by atoms with van der Waals surface area (Å²) in [4.78, 5) is 10.6. The number of nitrogens with zero attached hydrogens (tertiary/aromatic N) is 2. The topological polar surface area (TPSA) is 87.6 Å². The molecule has 7 nitrogen and oxygen atoms in total. The lowest BCUT2D eigenvalue weighted by Crippen LogP contribution is -2.05. The first-order chi connectivity index (χ1) is 11.5. The third kappa shape index (κ3) is 2.97. The zero-order chi connectivity index (χ0) is 17.3. The molecule has 1 aliphatic rings. The first-order valence-corrected chi connectivity index (χ1v) is 7.74. The average molecular weight is 330 g/mol. The van der Waals surface area contributed by atoms with Gasteiger partial charge in [0, 0.05) is 24.5 Å². The average Bonchev–Trinajstić information content (AvgIpc) is 3.06. The molecule has 2 heterocycles. The van der Waals surface area contributed by atoms with Gasteiger partial charge in [-0.05, 0) is 38.1 Å². The Morgan fingerprint density at radius 1 is 1.46 bits per heavy atom. The molecule has 1 aliphatic heterocycles. The van der Waals surface area contributed by atoms with Gasteiger partial charge in [-0.15, -0.1) is 0 Å². The highest BCUT2D eigenvalue weighted by atomic mass is 16.6. The Hall–Kier alpha value is -2.83. The molecule has 0 radical (unpaired) electrons. The molecule has 0 spiro atoms. The second kappa shape index (κ2) is 6.35. The first-order valence-electron chi connectivity index (χ1n) is 7.74. The third-order valence-corrected chi connectivity index (χ3v) is 3.79. The van der Waals surface area contributed by atoms with Gasteiger partial charge in [-0.2, -0.15) is 0 Å². The lowest BCUT2D eigenvalue weighted by molar-refractivity contribution is -0.386. The summed E-state index contributed by atoms with van der Waals surface area (Å²) in [7, 11) is 0. The Morgan fingerprint density at radius 2 is 2.25 bits per heavy atom. The van der Waals surface area contributed by atoms with Gasteiger partial charge in [0.25, 0.3) is 0 Å². The molecule has 0 saturated heterocycles. The van der Waals surface area contributed by atoms with Crippen LogP contribution in [-0.2, 0) is 6.42 Å². The van der Waals surface area contributed by atoms with Crippen molar-refractivity contribution in [3.8, 4) is 11.5 Å². The van der Waals surface area contributed by atoms with E-state index in [0.29, 0.717) is 12.4 Å². The number of nitro groups is 1. The molecule has 0 N–H and O–H groups in total. The number of aryl methyl sites for hydroxylation is 1. The number of fused-ring (bicyclic) bond motifs is 1. The van der Waals surface area contributed by atoms with E-state index in [1.807, 2.05) is 26.0 Å². The molecule has 0 saturated carbocycles. The van der Waals surface area contributed by atoms with Gasteiger partial charge in [0.05, 0.1) is 11.5 Å². The third-order valence-electron chi connectivity index (χ3n) is 3.79. The monoisotopic (exact) mass is 330 g/mol. The fraction of sp³-hybridized carbons (Fsp3) is 0.353. The molecular formula is C17H18N2O5. The van der Waals surface area contributed by atoms with E-state index in [4.69, 9.17) is 14.0 Å². The van der Waals surface area contributed by atoms with Gasteiger partial charge in [0.15, 0.2) is 5.69 Å². The van der Waals surface area contributed by atoms with E-state index in [1.54, 1.807) is 12.2 Å². The largest absolute Gasteiger partial charge is 0.493 e. The molecule has 2 aromatic rings. The summed E-state index contributed by atoms with van der Waals surface area (Å²) in [6.45, 7) is 5.96. The van der Waals surface area contributed by atoms with Crippen LogP contribution in [0.2, 0.25) is 0 Å². The van der Waals surface area contributed by atoms with E-state index >= 15 is 0 Å². The van der Waals surface area contributed by atoms with Crippen molar-refractivity contribution in [3.63, 3.8) is 0 Å². The Morgan fingerprint density at radius 3 is 2.96 bits per heavy atom. The Bertz CT molecular complexity index is 810. The maximum absolute atomic E-state index is 11.1. The van der Waals surface area contributed by atoms with Gasteiger partial charge in [-0.1, -0.05) is 5.16 Å². The van der Waals surface area contributed by atoms with Gasteiger partial charge >= 0.3 is 5.69 Å². The smallest absolute Gasteiger partial charge is 0.338 e. The van der Waals surface area contributed by atoms with Gasteiger partial charge in [0.1, 0.15) is 17.6 Å². The normalized spacial score (nSPS) is 16.2. The number of rotatable bonds is 5. The van der Waals surface area contributed by atoms with Crippen LogP contribution in [0.15, 0.2) is 16.7 Å².